The summed E-state index contributed by atoms with van der Waals surface area (Å²) < 4.78 is 0. The molecule has 0 heterocycles. The van der Waals surface area contributed by atoms with E-state index in [0.29, 0.717) is 0 Å². The van der Waals surface area contributed by atoms with Gasteiger partial charge in [0.2, 0.25) is 0 Å². The summed E-state index contributed by atoms with van der Waals surface area (Å²) in [5, 5.41) is 4.19. The molecule has 0 N–H and O–H groups in total. The van der Waals surface area contributed by atoms with E-state index in [1.807, 2.05) is 0 Å². The summed E-state index contributed by atoms with van der Waals surface area (Å²) in [5.74, 6) is 0. The standard InChI is InChI=1S/C18H15P.Zr/c1-4-10-16(11-5-1)19(17-12-6-2-7-13-17)18-14-8-3-9-15-18;/h1-15H;. The van der Waals surface area contributed by atoms with Crippen LogP contribution in [0.5, 0.6) is 0 Å². The van der Waals surface area contributed by atoms with Crippen LogP contribution < -0.4 is 15.9 Å². The van der Waals surface area contributed by atoms with Crippen LogP contribution in [0.25, 0.3) is 0 Å². The Morgan fingerprint density at radius 1 is 0.400 bits per heavy atom. The summed E-state index contributed by atoms with van der Waals surface area (Å²) >= 11 is 0. The third-order valence-electron chi connectivity index (χ3n) is 3.04. The Kier molecular flexibility index (Phi) is 5.90. The molecule has 0 unspecified atom stereocenters. The fourth-order valence-corrected chi connectivity index (χ4v) is 4.48. The molecular formula is C18H15PZr. The van der Waals surface area contributed by atoms with Gasteiger partial charge in [-0.1, -0.05) is 91.0 Å². The first-order valence-corrected chi connectivity index (χ1v) is 7.74. The van der Waals surface area contributed by atoms with Gasteiger partial charge in [0.25, 0.3) is 0 Å². The number of hydrogen-bond donors (Lipinski definition) is 0. The van der Waals surface area contributed by atoms with Crippen molar-refractivity contribution in [1.82, 2.24) is 0 Å². The van der Waals surface area contributed by atoms with Gasteiger partial charge in [-0.25, -0.2) is 0 Å². The SMILES string of the molecule is [Zr].c1ccc(P(c2ccccc2)c2ccccc2)cc1. The van der Waals surface area contributed by atoms with Crippen molar-refractivity contribution in [3.8, 4) is 0 Å². The van der Waals surface area contributed by atoms with Gasteiger partial charge in [0.15, 0.2) is 0 Å². The summed E-state index contributed by atoms with van der Waals surface area (Å²) in [5.41, 5.74) is 0. The van der Waals surface area contributed by atoms with Gasteiger partial charge in [-0.3, -0.25) is 0 Å². The molecule has 96 valence electrons. The molecular weight excluding hydrogens is 338 g/mol. The molecule has 3 aromatic carbocycles. The van der Waals surface area contributed by atoms with Crippen LogP contribution in [0.1, 0.15) is 0 Å². The van der Waals surface area contributed by atoms with E-state index >= 15 is 0 Å². The molecule has 0 fully saturated rings. The Bertz CT molecular complexity index is 529. The van der Waals surface area contributed by atoms with E-state index in [1.54, 1.807) is 0 Å². The third-order valence-corrected chi connectivity index (χ3v) is 5.49. The van der Waals surface area contributed by atoms with Crippen molar-refractivity contribution in [2.45, 2.75) is 0 Å². The Morgan fingerprint density at radius 2 is 0.650 bits per heavy atom. The van der Waals surface area contributed by atoms with Crippen molar-refractivity contribution in [3.05, 3.63) is 91.0 Å². The van der Waals surface area contributed by atoms with E-state index in [4.69, 9.17) is 0 Å². The molecule has 0 aromatic heterocycles. The predicted octanol–water partition coefficient (Wildman–Crippen LogP) is 3.44. The van der Waals surface area contributed by atoms with Gasteiger partial charge in [-0.2, -0.15) is 0 Å². The molecule has 0 atom stereocenters. The maximum Gasteiger partial charge on any atom is 0 e. The Balaban J connectivity index is 0.00000147. The molecule has 0 aliphatic carbocycles. The molecule has 0 aliphatic heterocycles. The minimum Gasteiger partial charge on any atom is -0.0622 e. The maximum atomic E-state index is 2.23. The van der Waals surface area contributed by atoms with Crippen LogP contribution >= 0.6 is 7.92 Å². The van der Waals surface area contributed by atoms with Gasteiger partial charge in [0.05, 0.1) is 0 Å². The number of benzene rings is 3. The molecule has 0 nitrogen and oxygen atoms in total. The van der Waals surface area contributed by atoms with Gasteiger partial charge < -0.3 is 0 Å². The smallest absolute Gasteiger partial charge is 0 e. The van der Waals surface area contributed by atoms with Crippen molar-refractivity contribution in [2.75, 3.05) is 0 Å². The van der Waals surface area contributed by atoms with Crippen molar-refractivity contribution < 1.29 is 26.2 Å². The van der Waals surface area contributed by atoms with E-state index in [1.165, 1.54) is 15.9 Å². The third kappa shape index (κ3) is 3.54. The zero-order valence-corrected chi connectivity index (χ0v) is 14.5. The second-order valence-electron chi connectivity index (χ2n) is 4.34. The first kappa shape index (κ1) is 15.4. The largest absolute Gasteiger partial charge is 0.0622 e. The number of rotatable bonds is 3. The molecule has 2 heteroatoms. The molecule has 0 radical (unpaired) electrons. The maximum absolute atomic E-state index is 2.23. The van der Waals surface area contributed by atoms with Crippen molar-refractivity contribution in [3.63, 3.8) is 0 Å². The van der Waals surface area contributed by atoms with Crippen molar-refractivity contribution >= 4 is 23.8 Å². The monoisotopic (exact) mass is 352 g/mol. The Morgan fingerprint density at radius 3 is 0.900 bits per heavy atom. The summed E-state index contributed by atoms with van der Waals surface area (Å²) in [4.78, 5) is 0. The van der Waals surface area contributed by atoms with Crippen molar-refractivity contribution in [1.29, 1.82) is 0 Å². The average molecular weight is 354 g/mol. The summed E-state index contributed by atoms with van der Waals surface area (Å²) in [6, 6.07) is 32.3. The van der Waals surface area contributed by atoms with Crippen LogP contribution in [-0.4, -0.2) is 0 Å². The molecule has 0 saturated heterocycles. The minimum atomic E-state index is -0.446. The second-order valence-corrected chi connectivity index (χ2v) is 6.56. The van der Waals surface area contributed by atoms with E-state index < -0.39 is 7.92 Å². The van der Waals surface area contributed by atoms with E-state index in [2.05, 4.69) is 91.0 Å². The van der Waals surface area contributed by atoms with Crippen molar-refractivity contribution in [2.24, 2.45) is 0 Å². The topological polar surface area (TPSA) is 0 Å². The molecule has 0 aliphatic rings. The molecule has 0 bridgehead atoms. The molecule has 3 aromatic rings. The Labute approximate surface area is 140 Å². The van der Waals surface area contributed by atoms with Crippen LogP contribution in [0.15, 0.2) is 91.0 Å². The second kappa shape index (κ2) is 7.68. The fraction of sp³-hybridized carbons (Fsp3) is 0. The van der Waals surface area contributed by atoms with Crippen LogP contribution in [0, 0.1) is 0 Å². The van der Waals surface area contributed by atoms with E-state index in [-0.39, 0.29) is 26.2 Å². The number of hydrogen-bond acceptors (Lipinski definition) is 0. The summed E-state index contributed by atoms with van der Waals surface area (Å²) in [6.45, 7) is 0. The first-order chi connectivity index (χ1) is 9.45. The minimum absolute atomic E-state index is 0. The molecule has 20 heavy (non-hydrogen) atoms. The zero-order valence-electron chi connectivity index (χ0n) is 11.1. The normalized spacial score (nSPS) is 10.1. The summed E-state index contributed by atoms with van der Waals surface area (Å²) in [6.07, 6.45) is 0. The van der Waals surface area contributed by atoms with Gasteiger partial charge in [0.1, 0.15) is 0 Å². The Hall–Kier alpha value is -1.03. The average Bonchev–Trinajstić information content (AvgIpc) is 2.51. The van der Waals surface area contributed by atoms with Crippen LogP contribution in [0.3, 0.4) is 0 Å². The predicted molar refractivity (Wildman–Crippen MR) is 85.1 cm³/mol. The zero-order chi connectivity index (χ0) is 12.9. The fourth-order valence-electron chi connectivity index (χ4n) is 2.18. The van der Waals surface area contributed by atoms with Gasteiger partial charge in [-0.05, 0) is 23.8 Å². The molecule has 3 rings (SSSR count). The van der Waals surface area contributed by atoms with Crippen LogP contribution in [-0.2, 0) is 26.2 Å². The van der Waals surface area contributed by atoms with E-state index in [0.717, 1.165) is 0 Å². The van der Waals surface area contributed by atoms with Gasteiger partial charge >= 0.3 is 0 Å². The van der Waals surface area contributed by atoms with Crippen LogP contribution in [0.2, 0.25) is 0 Å². The molecule has 0 amide bonds. The first-order valence-electron chi connectivity index (χ1n) is 6.40. The quantitative estimate of drug-likeness (QED) is 0.633. The van der Waals surface area contributed by atoms with E-state index in [9.17, 15) is 0 Å². The summed E-state index contributed by atoms with van der Waals surface area (Å²) in [7, 11) is -0.446. The molecule has 0 spiro atoms. The molecule has 0 saturated carbocycles. The van der Waals surface area contributed by atoms with Gasteiger partial charge in [-0.15, -0.1) is 0 Å². The van der Waals surface area contributed by atoms with Gasteiger partial charge in [0, 0.05) is 26.2 Å². The van der Waals surface area contributed by atoms with Crippen LogP contribution in [0.4, 0.5) is 0 Å².